The fourth-order valence-corrected chi connectivity index (χ4v) is 3.60. The first kappa shape index (κ1) is 15.0. The van der Waals surface area contributed by atoms with Crippen LogP contribution >= 0.6 is 0 Å². The molecule has 0 aliphatic heterocycles. The maximum absolute atomic E-state index is 12.7. The summed E-state index contributed by atoms with van der Waals surface area (Å²) in [5, 5.41) is 4.26. The number of H-pyrrole nitrogens is 1. The van der Waals surface area contributed by atoms with Crippen LogP contribution in [0.1, 0.15) is 45.6 Å². The third-order valence-corrected chi connectivity index (χ3v) is 4.95. The number of aromatic amines is 1. The van der Waals surface area contributed by atoms with E-state index < -0.39 is 0 Å². The van der Waals surface area contributed by atoms with Crippen molar-refractivity contribution in [1.82, 2.24) is 10.3 Å². The molecule has 0 radical (unpaired) electrons. The van der Waals surface area contributed by atoms with Gasteiger partial charge in [0.2, 0.25) is 0 Å². The van der Waals surface area contributed by atoms with Crippen LogP contribution in [0.4, 0.5) is 0 Å². The van der Waals surface area contributed by atoms with Crippen LogP contribution in [0, 0.1) is 6.92 Å². The zero-order valence-electron chi connectivity index (χ0n) is 14.0. The molecule has 1 aliphatic rings. The summed E-state index contributed by atoms with van der Waals surface area (Å²) in [6.45, 7) is 2.62. The molecule has 1 aromatic heterocycles. The van der Waals surface area contributed by atoms with E-state index in [9.17, 15) is 4.79 Å². The number of fused-ring (bicyclic) bond motifs is 3. The Hall–Kier alpha value is -2.55. The van der Waals surface area contributed by atoms with E-state index >= 15 is 0 Å². The number of rotatable bonds is 3. The lowest BCUT2D eigenvalue weighted by Crippen LogP contribution is -2.23. The summed E-state index contributed by atoms with van der Waals surface area (Å²) in [7, 11) is 0. The molecule has 2 N–H and O–H groups in total. The average molecular weight is 318 g/mol. The van der Waals surface area contributed by atoms with Gasteiger partial charge in [-0.1, -0.05) is 42.0 Å². The lowest BCUT2D eigenvalue weighted by atomic mass is 9.95. The maximum Gasteiger partial charge on any atom is 0.253 e. The smallest absolute Gasteiger partial charge is 0.253 e. The molecule has 1 amide bonds. The number of hydrogen-bond acceptors (Lipinski definition) is 1. The van der Waals surface area contributed by atoms with Crippen LogP contribution in [0.2, 0.25) is 0 Å². The molecule has 3 nitrogen and oxygen atoms in total. The molecule has 0 saturated carbocycles. The predicted octanol–water partition coefficient (Wildman–Crippen LogP) is 4.29. The monoisotopic (exact) mass is 318 g/mol. The van der Waals surface area contributed by atoms with Crippen molar-refractivity contribution in [3.05, 3.63) is 70.4 Å². The molecular weight excluding hydrogens is 296 g/mol. The van der Waals surface area contributed by atoms with Gasteiger partial charge in [-0.3, -0.25) is 4.79 Å². The summed E-state index contributed by atoms with van der Waals surface area (Å²) < 4.78 is 0. The summed E-state index contributed by atoms with van der Waals surface area (Å²) in [6, 6.07) is 14.3. The molecule has 0 fully saturated rings. The van der Waals surface area contributed by atoms with Crippen LogP contribution in [0.25, 0.3) is 10.9 Å². The maximum atomic E-state index is 12.7. The van der Waals surface area contributed by atoms with Crippen molar-refractivity contribution in [2.75, 3.05) is 0 Å². The van der Waals surface area contributed by atoms with Crippen molar-refractivity contribution < 1.29 is 4.79 Å². The van der Waals surface area contributed by atoms with Gasteiger partial charge >= 0.3 is 0 Å². The quantitative estimate of drug-likeness (QED) is 0.743. The summed E-state index contributed by atoms with van der Waals surface area (Å²) in [6.07, 6.45) is 4.68. The average Bonchev–Trinajstić information content (AvgIpc) is 2.99. The first-order chi connectivity index (χ1) is 11.7. The highest BCUT2D eigenvalue weighted by Crippen LogP contribution is 2.30. The van der Waals surface area contributed by atoms with Crippen molar-refractivity contribution in [2.24, 2.45) is 0 Å². The first-order valence-corrected chi connectivity index (χ1v) is 8.68. The Morgan fingerprint density at radius 3 is 2.71 bits per heavy atom. The molecule has 0 spiro atoms. The molecule has 1 aliphatic carbocycles. The third kappa shape index (κ3) is 2.71. The summed E-state index contributed by atoms with van der Waals surface area (Å²) in [5.74, 6) is -0.0141. The molecule has 122 valence electrons. The fourth-order valence-electron chi connectivity index (χ4n) is 3.60. The zero-order valence-corrected chi connectivity index (χ0v) is 14.0. The lowest BCUT2D eigenvalue weighted by Gasteiger charge is -2.10. The fraction of sp³-hybridized carbons (Fsp3) is 0.286. The van der Waals surface area contributed by atoms with E-state index in [1.54, 1.807) is 0 Å². The van der Waals surface area contributed by atoms with E-state index in [4.69, 9.17) is 0 Å². The highest BCUT2D eigenvalue weighted by atomic mass is 16.1. The first-order valence-electron chi connectivity index (χ1n) is 8.68. The Bertz CT molecular complexity index is 890. The summed E-state index contributed by atoms with van der Waals surface area (Å²) >= 11 is 0. The predicted molar refractivity (Wildman–Crippen MR) is 97.3 cm³/mol. The number of aromatic nitrogens is 1. The van der Waals surface area contributed by atoms with Gasteiger partial charge in [0.05, 0.1) is 11.1 Å². The second kappa shape index (κ2) is 6.16. The molecule has 2 aromatic carbocycles. The topological polar surface area (TPSA) is 44.9 Å². The number of amides is 1. The molecule has 4 rings (SSSR count). The number of hydrogen-bond donors (Lipinski definition) is 2. The molecule has 3 heteroatoms. The second-order valence-corrected chi connectivity index (χ2v) is 6.69. The van der Waals surface area contributed by atoms with Gasteiger partial charge in [-0.2, -0.15) is 0 Å². The Morgan fingerprint density at radius 2 is 1.88 bits per heavy atom. The van der Waals surface area contributed by atoms with Gasteiger partial charge in [0, 0.05) is 17.6 Å². The van der Waals surface area contributed by atoms with Crippen LogP contribution in [0.15, 0.2) is 42.5 Å². The van der Waals surface area contributed by atoms with Crippen molar-refractivity contribution in [3.63, 3.8) is 0 Å². The third-order valence-electron chi connectivity index (χ3n) is 4.95. The number of carbonyl (C=O) groups is 1. The standard InChI is InChI=1S/C21H22N2O/c1-14-9-11-15(12-10-14)13-22-21(24)18-7-4-6-17-16-5-2-3-8-19(16)23-20(17)18/h4,6-7,9-12,23H,2-3,5,8,13H2,1H3,(H,22,24). The number of benzene rings is 2. The summed E-state index contributed by atoms with van der Waals surface area (Å²) in [4.78, 5) is 16.2. The highest BCUT2D eigenvalue weighted by Gasteiger charge is 2.19. The minimum absolute atomic E-state index is 0.0141. The molecule has 1 heterocycles. The van der Waals surface area contributed by atoms with Gasteiger partial charge in [-0.15, -0.1) is 0 Å². The number of para-hydroxylation sites is 1. The van der Waals surface area contributed by atoms with Crippen LogP contribution in [0.3, 0.4) is 0 Å². The van der Waals surface area contributed by atoms with E-state index in [1.807, 2.05) is 12.1 Å². The van der Waals surface area contributed by atoms with E-state index in [0.29, 0.717) is 6.54 Å². The summed E-state index contributed by atoms with van der Waals surface area (Å²) in [5.41, 5.74) is 6.80. The van der Waals surface area contributed by atoms with Crippen LogP contribution < -0.4 is 5.32 Å². The molecule has 3 aromatic rings. The molecule has 0 bridgehead atoms. The Balaban J connectivity index is 1.60. The van der Waals surface area contributed by atoms with Crippen molar-refractivity contribution in [1.29, 1.82) is 0 Å². The van der Waals surface area contributed by atoms with E-state index in [2.05, 4.69) is 47.6 Å². The zero-order chi connectivity index (χ0) is 16.5. The Labute approximate surface area is 142 Å². The van der Waals surface area contributed by atoms with E-state index in [1.165, 1.54) is 35.0 Å². The van der Waals surface area contributed by atoms with Gasteiger partial charge in [0.1, 0.15) is 0 Å². The Morgan fingerprint density at radius 1 is 1.08 bits per heavy atom. The lowest BCUT2D eigenvalue weighted by molar-refractivity contribution is 0.0952. The van der Waals surface area contributed by atoms with Crippen molar-refractivity contribution in [2.45, 2.75) is 39.2 Å². The van der Waals surface area contributed by atoms with Gasteiger partial charge in [-0.05, 0) is 49.8 Å². The molecule has 24 heavy (non-hydrogen) atoms. The van der Waals surface area contributed by atoms with Gasteiger partial charge < -0.3 is 10.3 Å². The van der Waals surface area contributed by atoms with Crippen molar-refractivity contribution >= 4 is 16.8 Å². The van der Waals surface area contributed by atoms with E-state index in [0.717, 1.165) is 29.5 Å². The second-order valence-electron chi connectivity index (χ2n) is 6.69. The molecular formula is C21H22N2O. The molecule has 0 atom stereocenters. The van der Waals surface area contributed by atoms with Crippen molar-refractivity contribution in [3.8, 4) is 0 Å². The van der Waals surface area contributed by atoms with Crippen LogP contribution in [-0.4, -0.2) is 10.9 Å². The minimum atomic E-state index is -0.0141. The van der Waals surface area contributed by atoms with E-state index in [-0.39, 0.29) is 5.91 Å². The SMILES string of the molecule is Cc1ccc(CNC(=O)c2cccc3c4c([nH]c23)CCCC4)cc1. The molecule has 0 unspecified atom stereocenters. The highest BCUT2D eigenvalue weighted by molar-refractivity contribution is 6.06. The normalized spacial score (nSPS) is 13.7. The van der Waals surface area contributed by atoms with Gasteiger partial charge in [0.25, 0.3) is 5.91 Å². The van der Waals surface area contributed by atoms with Crippen LogP contribution in [-0.2, 0) is 19.4 Å². The molecule has 0 saturated heterocycles. The largest absolute Gasteiger partial charge is 0.358 e. The van der Waals surface area contributed by atoms with Gasteiger partial charge in [-0.25, -0.2) is 0 Å². The minimum Gasteiger partial charge on any atom is -0.358 e. The van der Waals surface area contributed by atoms with Gasteiger partial charge in [0.15, 0.2) is 0 Å². The Kier molecular flexibility index (Phi) is 3.85. The number of nitrogens with one attached hydrogen (secondary N) is 2. The number of aryl methyl sites for hydroxylation is 3. The van der Waals surface area contributed by atoms with Crippen LogP contribution in [0.5, 0.6) is 0 Å². The number of carbonyl (C=O) groups excluding carboxylic acids is 1.